The molecular formula is C24H26N2O4S. The standard InChI is InChI=1S/C24H26N2O4S/c1-2-3-15-30-24-21(12-8-14-25-24)17-26-23(27)20-11-7-13-22(16-20)31(28,29)18-19-9-5-4-6-10-19/h4-14,16H,2-3,15,17-18H2,1H3,(H,26,27). The minimum absolute atomic E-state index is 0.118. The van der Waals surface area contributed by atoms with Crippen LogP contribution in [0.2, 0.25) is 0 Å². The smallest absolute Gasteiger partial charge is 0.251 e. The van der Waals surface area contributed by atoms with Gasteiger partial charge in [-0.25, -0.2) is 13.4 Å². The molecular weight excluding hydrogens is 412 g/mol. The normalized spacial score (nSPS) is 11.1. The van der Waals surface area contributed by atoms with Crippen molar-refractivity contribution >= 4 is 15.7 Å². The summed E-state index contributed by atoms with van der Waals surface area (Å²) < 4.78 is 31.2. The van der Waals surface area contributed by atoms with Gasteiger partial charge in [-0.3, -0.25) is 4.79 Å². The molecule has 1 aromatic heterocycles. The summed E-state index contributed by atoms with van der Waals surface area (Å²) in [5.74, 6) is 0.0168. The number of unbranched alkanes of at least 4 members (excludes halogenated alkanes) is 1. The Morgan fingerprint density at radius 3 is 2.61 bits per heavy atom. The zero-order valence-electron chi connectivity index (χ0n) is 17.5. The van der Waals surface area contributed by atoms with E-state index in [1.54, 1.807) is 48.7 Å². The molecule has 162 valence electrons. The number of nitrogens with zero attached hydrogens (tertiary/aromatic N) is 1. The molecule has 31 heavy (non-hydrogen) atoms. The molecule has 1 N–H and O–H groups in total. The van der Waals surface area contributed by atoms with Crippen LogP contribution in [0.15, 0.2) is 77.8 Å². The number of rotatable bonds is 10. The minimum atomic E-state index is -3.57. The summed E-state index contributed by atoms with van der Waals surface area (Å²) in [5, 5.41) is 2.82. The van der Waals surface area contributed by atoms with Crippen LogP contribution in [0, 0.1) is 0 Å². The summed E-state index contributed by atoms with van der Waals surface area (Å²) in [5.41, 5.74) is 1.75. The van der Waals surface area contributed by atoms with Gasteiger partial charge in [0.05, 0.1) is 17.3 Å². The number of hydrogen-bond donors (Lipinski definition) is 1. The molecule has 3 aromatic rings. The van der Waals surface area contributed by atoms with Gasteiger partial charge in [0, 0.05) is 23.9 Å². The number of carbonyl (C=O) groups excluding carboxylic acids is 1. The summed E-state index contributed by atoms with van der Waals surface area (Å²) in [6.07, 6.45) is 3.59. The number of ether oxygens (including phenoxy) is 1. The number of carbonyl (C=O) groups is 1. The van der Waals surface area contributed by atoms with E-state index in [1.165, 1.54) is 12.1 Å². The Bertz CT molecular complexity index is 1120. The Hall–Kier alpha value is -3.19. The van der Waals surface area contributed by atoms with Crippen LogP contribution in [0.1, 0.15) is 41.3 Å². The van der Waals surface area contributed by atoms with Gasteiger partial charge >= 0.3 is 0 Å². The molecule has 0 fully saturated rings. The number of sulfone groups is 1. The van der Waals surface area contributed by atoms with Crippen LogP contribution < -0.4 is 10.1 Å². The minimum Gasteiger partial charge on any atom is -0.477 e. The fourth-order valence-corrected chi connectivity index (χ4v) is 4.38. The Morgan fingerprint density at radius 1 is 1.03 bits per heavy atom. The van der Waals surface area contributed by atoms with Gasteiger partial charge in [-0.1, -0.05) is 55.8 Å². The van der Waals surface area contributed by atoms with E-state index in [1.807, 2.05) is 12.1 Å². The van der Waals surface area contributed by atoms with Crippen molar-refractivity contribution in [3.63, 3.8) is 0 Å². The molecule has 0 aliphatic heterocycles. The van der Waals surface area contributed by atoms with E-state index in [9.17, 15) is 13.2 Å². The fourth-order valence-electron chi connectivity index (χ4n) is 2.99. The van der Waals surface area contributed by atoms with Crippen molar-refractivity contribution in [1.29, 1.82) is 0 Å². The molecule has 0 saturated carbocycles. The van der Waals surface area contributed by atoms with Crippen LogP contribution in [0.3, 0.4) is 0 Å². The average Bonchev–Trinajstić information content (AvgIpc) is 2.79. The topological polar surface area (TPSA) is 85.4 Å². The van der Waals surface area contributed by atoms with Gasteiger partial charge in [0.1, 0.15) is 0 Å². The van der Waals surface area contributed by atoms with Crippen molar-refractivity contribution in [2.45, 2.75) is 37.0 Å². The lowest BCUT2D eigenvalue weighted by molar-refractivity contribution is 0.0950. The van der Waals surface area contributed by atoms with Crippen molar-refractivity contribution in [2.75, 3.05) is 6.61 Å². The highest BCUT2D eigenvalue weighted by Crippen LogP contribution is 2.19. The van der Waals surface area contributed by atoms with Crippen LogP contribution in [0.5, 0.6) is 5.88 Å². The molecule has 0 spiro atoms. The molecule has 3 rings (SSSR count). The van der Waals surface area contributed by atoms with Crippen LogP contribution >= 0.6 is 0 Å². The summed E-state index contributed by atoms with van der Waals surface area (Å²) in [7, 11) is -3.57. The van der Waals surface area contributed by atoms with Crippen molar-refractivity contribution < 1.29 is 17.9 Å². The Morgan fingerprint density at radius 2 is 1.84 bits per heavy atom. The molecule has 0 atom stereocenters. The SMILES string of the molecule is CCCCOc1ncccc1CNC(=O)c1cccc(S(=O)(=O)Cc2ccccc2)c1. The number of hydrogen-bond acceptors (Lipinski definition) is 5. The molecule has 1 amide bonds. The predicted molar refractivity (Wildman–Crippen MR) is 120 cm³/mol. The maximum absolute atomic E-state index is 12.8. The number of benzene rings is 2. The molecule has 1 heterocycles. The summed E-state index contributed by atoms with van der Waals surface area (Å²) in [4.78, 5) is 17.0. The average molecular weight is 439 g/mol. The van der Waals surface area contributed by atoms with E-state index in [-0.39, 0.29) is 28.7 Å². The third-order valence-electron chi connectivity index (χ3n) is 4.68. The second-order valence-corrected chi connectivity index (χ2v) is 9.11. The van der Waals surface area contributed by atoms with Crippen molar-refractivity contribution in [2.24, 2.45) is 0 Å². The highest BCUT2D eigenvalue weighted by molar-refractivity contribution is 7.90. The van der Waals surface area contributed by atoms with Gasteiger partial charge in [0.15, 0.2) is 9.84 Å². The lowest BCUT2D eigenvalue weighted by Crippen LogP contribution is -2.23. The van der Waals surface area contributed by atoms with E-state index < -0.39 is 9.84 Å². The molecule has 2 aromatic carbocycles. The van der Waals surface area contributed by atoms with Gasteiger partial charge in [-0.05, 0) is 36.2 Å². The number of amides is 1. The molecule has 0 saturated heterocycles. The van der Waals surface area contributed by atoms with Crippen LogP contribution in [-0.4, -0.2) is 25.9 Å². The van der Waals surface area contributed by atoms with Crippen molar-refractivity contribution in [1.82, 2.24) is 10.3 Å². The van der Waals surface area contributed by atoms with Crippen LogP contribution in [-0.2, 0) is 22.1 Å². The maximum Gasteiger partial charge on any atom is 0.251 e. The van der Waals surface area contributed by atoms with Crippen molar-refractivity contribution in [3.05, 3.63) is 89.6 Å². The molecule has 7 heteroatoms. The maximum atomic E-state index is 12.8. The van der Waals surface area contributed by atoms with E-state index in [0.29, 0.717) is 18.1 Å². The first-order chi connectivity index (χ1) is 15.0. The zero-order valence-corrected chi connectivity index (χ0v) is 18.3. The highest BCUT2D eigenvalue weighted by atomic mass is 32.2. The second-order valence-electron chi connectivity index (χ2n) is 7.12. The van der Waals surface area contributed by atoms with Gasteiger partial charge < -0.3 is 10.1 Å². The zero-order chi connectivity index (χ0) is 22.1. The van der Waals surface area contributed by atoms with Gasteiger partial charge in [0.25, 0.3) is 5.91 Å². The lowest BCUT2D eigenvalue weighted by Gasteiger charge is -2.11. The third-order valence-corrected chi connectivity index (χ3v) is 6.37. The van der Waals surface area contributed by atoms with E-state index in [2.05, 4.69) is 17.2 Å². The summed E-state index contributed by atoms with van der Waals surface area (Å²) >= 11 is 0. The predicted octanol–water partition coefficient (Wildman–Crippen LogP) is 4.16. The van der Waals surface area contributed by atoms with Crippen molar-refractivity contribution in [3.8, 4) is 5.88 Å². The first kappa shape index (κ1) is 22.5. The number of pyridine rings is 1. The first-order valence-corrected chi connectivity index (χ1v) is 11.9. The van der Waals surface area contributed by atoms with Gasteiger partial charge in [0.2, 0.25) is 5.88 Å². The third kappa shape index (κ3) is 6.39. The van der Waals surface area contributed by atoms with Crippen LogP contribution in [0.4, 0.5) is 0 Å². The summed E-state index contributed by atoms with van der Waals surface area (Å²) in [6.45, 7) is 2.88. The largest absolute Gasteiger partial charge is 0.477 e. The lowest BCUT2D eigenvalue weighted by atomic mass is 10.2. The Kier molecular flexibility index (Phi) is 7.78. The van der Waals surface area contributed by atoms with E-state index in [4.69, 9.17) is 4.74 Å². The van der Waals surface area contributed by atoms with E-state index >= 15 is 0 Å². The van der Waals surface area contributed by atoms with Gasteiger partial charge in [-0.2, -0.15) is 0 Å². The molecule has 0 radical (unpaired) electrons. The highest BCUT2D eigenvalue weighted by Gasteiger charge is 2.17. The summed E-state index contributed by atoms with van der Waals surface area (Å²) in [6, 6.07) is 18.7. The van der Waals surface area contributed by atoms with Gasteiger partial charge in [-0.15, -0.1) is 0 Å². The molecule has 6 nitrogen and oxygen atoms in total. The number of aromatic nitrogens is 1. The first-order valence-electron chi connectivity index (χ1n) is 10.2. The Labute approximate surface area is 183 Å². The molecule has 0 aliphatic rings. The number of nitrogens with one attached hydrogen (secondary N) is 1. The fraction of sp³-hybridized carbons (Fsp3) is 0.250. The second kappa shape index (κ2) is 10.7. The molecule has 0 aliphatic carbocycles. The van der Waals surface area contributed by atoms with E-state index in [0.717, 1.165) is 18.4 Å². The molecule has 0 unspecified atom stereocenters. The Balaban J connectivity index is 1.68. The van der Waals surface area contributed by atoms with Crippen LogP contribution in [0.25, 0.3) is 0 Å². The monoisotopic (exact) mass is 438 g/mol. The molecule has 0 bridgehead atoms. The quantitative estimate of drug-likeness (QED) is 0.480.